The van der Waals surface area contributed by atoms with Crippen LogP contribution in [0.15, 0.2) is 24.3 Å². The normalized spacial score (nSPS) is 34.1. The largest absolute Gasteiger partial charge is 0.273 e. The molecule has 1 aliphatic heterocycles. The van der Waals surface area contributed by atoms with Crippen molar-refractivity contribution in [2.75, 3.05) is 4.31 Å². The highest BCUT2D eigenvalue weighted by Gasteiger charge is 2.56. The van der Waals surface area contributed by atoms with Crippen LogP contribution >= 0.6 is 11.9 Å². The molecule has 1 unspecified atom stereocenters. The third kappa shape index (κ3) is 1.45. The number of benzene rings is 1. The average molecular weight is 297 g/mol. The molecule has 0 radical (unpaired) electrons. The third-order valence-corrected chi connectivity index (χ3v) is 5.81. The molecule has 0 spiro atoms. The first kappa shape index (κ1) is 12.3. The minimum Gasteiger partial charge on any atom is -0.273 e. The molecule has 20 heavy (non-hydrogen) atoms. The second-order valence-corrected chi connectivity index (χ2v) is 6.49. The molecule has 1 saturated carbocycles. The molecular formula is C14H10F3NOS. The van der Waals surface area contributed by atoms with Gasteiger partial charge in [0.2, 0.25) is 5.91 Å². The number of carbonyl (C=O) groups excluding carboxylic acids is 1. The van der Waals surface area contributed by atoms with E-state index < -0.39 is 17.5 Å². The molecule has 2 bridgehead atoms. The second-order valence-electron chi connectivity index (χ2n) is 5.37. The quantitative estimate of drug-likeness (QED) is 0.450. The Labute approximate surface area is 117 Å². The Balaban J connectivity index is 1.72. The van der Waals surface area contributed by atoms with Crippen molar-refractivity contribution in [3.8, 4) is 0 Å². The summed E-state index contributed by atoms with van der Waals surface area (Å²) < 4.78 is 41.3. The first-order chi connectivity index (χ1) is 9.58. The average Bonchev–Trinajstić information content (AvgIpc) is 3.10. The van der Waals surface area contributed by atoms with Crippen molar-refractivity contribution in [2.24, 2.45) is 17.8 Å². The van der Waals surface area contributed by atoms with Crippen molar-refractivity contribution in [2.45, 2.75) is 11.7 Å². The predicted molar refractivity (Wildman–Crippen MR) is 69.4 cm³/mol. The van der Waals surface area contributed by atoms with Crippen LogP contribution < -0.4 is 4.31 Å². The van der Waals surface area contributed by atoms with Gasteiger partial charge >= 0.3 is 0 Å². The Morgan fingerprint density at radius 3 is 2.60 bits per heavy atom. The van der Waals surface area contributed by atoms with Gasteiger partial charge < -0.3 is 0 Å². The SMILES string of the molecule is O=C1[C@H]2C3C=C[C@@H](C3)[C@H]2SN1c1ccc(F)c(F)c1F. The van der Waals surface area contributed by atoms with E-state index in [-0.39, 0.29) is 28.7 Å². The van der Waals surface area contributed by atoms with Crippen molar-refractivity contribution in [1.29, 1.82) is 0 Å². The molecule has 0 N–H and O–H groups in total. The molecule has 1 heterocycles. The van der Waals surface area contributed by atoms with E-state index in [0.29, 0.717) is 5.92 Å². The summed E-state index contributed by atoms with van der Waals surface area (Å²) in [6.07, 6.45) is 5.09. The van der Waals surface area contributed by atoms with E-state index in [4.69, 9.17) is 0 Å². The number of hydrogen-bond acceptors (Lipinski definition) is 2. The lowest BCUT2D eigenvalue weighted by Gasteiger charge is -2.18. The molecule has 1 aromatic rings. The molecular weight excluding hydrogens is 287 g/mol. The summed E-state index contributed by atoms with van der Waals surface area (Å²) in [4.78, 5) is 12.4. The van der Waals surface area contributed by atoms with Gasteiger partial charge in [0.25, 0.3) is 0 Å². The molecule has 3 aliphatic rings. The number of allylic oxidation sites excluding steroid dienone is 2. The molecule has 2 aliphatic carbocycles. The van der Waals surface area contributed by atoms with Gasteiger partial charge in [-0.05, 0) is 42.3 Å². The van der Waals surface area contributed by atoms with Crippen LogP contribution in [0.5, 0.6) is 0 Å². The summed E-state index contributed by atoms with van der Waals surface area (Å²) in [7, 11) is 0. The molecule has 1 amide bonds. The van der Waals surface area contributed by atoms with Gasteiger partial charge in [-0.2, -0.15) is 0 Å². The Bertz CT molecular complexity index is 648. The summed E-state index contributed by atoms with van der Waals surface area (Å²) >= 11 is 1.24. The maximum atomic E-state index is 13.8. The van der Waals surface area contributed by atoms with E-state index in [1.54, 1.807) is 0 Å². The molecule has 6 heteroatoms. The summed E-state index contributed by atoms with van der Waals surface area (Å²) in [5, 5.41) is 0.0880. The molecule has 4 rings (SSSR count). The predicted octanol–water partition coefficient (Wildman–Crippen LogP) is 3.29. The van der Waals surface area contributed by atoms with E-state index in [1.165, 1.54) is 16.3 Å². The highest BCUT2D eigenvalue weighted by Crippen LogP contribution is 2.56. The lowest BCUT2D eigenvalue weighted by atomic mass is 9.92. The van der Waals surface area contributed by atoms with Crippen molar-refractivity contribution >= 4 is 23.5 Å². The van der Waals surface area contributed by atoms with E-state index in [2.05, 4.69) is 6.08 Å². The number of halogens is 3. The lowest BCUT2D eigenvalue weighted by Crippen LogP contribution is -2.28. The molecule has 104 valence electrons. The van der Waals surface area contributed by atoms with Gasteiger partial charge in [-0.25, -0.2) is 13.2 Å². The second kappa shape index (κ2) is 4.04. The topological polar surface area (TPSA) is 20.3 Å². The number of anilines is 1. The zero-order chi connectivity index (χ0) is 14.0. The van der Waals surface area contributed by atoms with Gasteiger partial charge in [0.15, 0.2) is 17.5 Å². The Morgan fingerprint density at radius 2 is 1.85 bits per heavy atom. The zero-order valence-corrected chi connectivity index (χ0v) is 11.0. The number of amides is 1. The number of rotatable bonds is 1. The maximum absolute atomic E-state index is 13.8. The molecule has 1 saturated heterocycles. The van der Waals surface area contributed by atoms with E-state index >= 15 is 0 Å². The number of nitrogens with zero attached hydrogens (tertiary/aromatic N) is 1. The first-order valence-electron chi connectivity index (χ1n) is 6.40. The molecule has 1 aromatic carbocycles. The first-order valence-corrected chi connectivity index (χ1v) is 7.24. The minimum atomic E-state index is -1.53. The molecule has 2 nitrogen and oxygen atoms in total. The van der Waals surface area contributed by atoms with Crippen LogP contribution in [-0.4, -0.2) is 11.2 Å². The van der Waals surface area contributed by atoms with Gasteiger partial charge in [0.05, 0.1) is 11.6 Å². The van der Waals surface area contributed by atoms with Crippen LogP contribution in [0.2, 0.25) is 0 Å². The molecule has 2 fully saturated rings. The lowest BCUT2D eigenvalue weighted by molar-refractivity contribution is -0.120. The van der Waals surface area contributed by atoms with Gasteiger partial charge in [-0.1, -0.05) is 12.2 Å². The highest BCUT2D eigenvalue weighted by atomic mass is 32.2. The Morgan fingerprint density at radius 1 is 1.10 bits per heavy atom. The summed E-state index contributed by atoms with van der Waals surface area (Å²) in [6.45, 7) is 0. The van der Waals surface area contributed by atoms with Crippen LogP contribution in [-0.2, 0) is 4.79 Å². The van der Waals surface area contributed by atoms with Crippen LogP contribution in [0.4, 0.5) is 18.9 Å². The zero-order valence-electron chi connectivity index (χ0n) is 10.2. The fourth-order valence-corrected chi connectivity index (χ4v) is 4.93. The summed E-state index contributed by atoms with van der Waals surface area (Å²) in [6, 6.07) is 1.97. The van der Waals surface area contributed by atoms with Crippen LogP contribution in [0.3, 0.4) is 0 Å². The van der Waals surface area contributed by atoms with Gasteiger partial charge in [0.1, 0.15) is 0 Å². The number of hydrogen-bond donors (Lipinski definition) is 0. The fraction of sp³-hybridized carbons (Fsp3) is 0.357. The number of carbonyl (C=O) groups is 1. The van der Waals surface area contributed by atoms with Gasteiger partial charge in [-0.3, -0.25) is 9.10 Å². The van der Waals surface area contributed by atoms with Gasteiger partial charge in [-0.15, -0.1) is 0 Å². The minimum absolute atomic E-state index is 0.0880. The van der Waals surface area contributed by atoms with Crippen LogP contribution in [0.25, 0.3) is 0 Å². The molecule has 0 aromatic heterocycles. The van der Waals surface area contributed by atoms with E-state index in [0.717, 1.165) is 18.6 Å². The van der Waals surface area contributed by atoms with Crippen molar-refractivity contribution in [3.63, 3.8) is 0 Å². The van der Waals surface area contributed by atoms with Crippen LogP contribution in [0.1, 0.15) is 6.42 Å². The van der Waals surface area contributed by atoms with E-state index in [1.807, 2.05) is 6.08 Å². The Kier molecular flexibility index (Phi) is 2.49. The van der Waals surface area contributed by atoms with Crippen molar-refractivity contribution < 1.29 is 18.0 Å². The van der Waals surface area contributed by atoms with E-state index in [9.17, 15) is 18.0 Å². The summed E-state index contributed by atoms with van der Waals surface area (Å²) in [5.41, 5.74) is -0.187. The molecule has 4 atom stereocenters. The standard InChI is InChI=1S/C14H10F3NOS/c15-8-3-4-9(12(17)11(8)16)18-14(19)10-6-1-2-7(5-6)13(10)20-18/h1-4,6-7,10,13H,5H2/t6?,7-,10-,13+/m0/s1. The fourth-order valence-electron chi connectivity index (χ4n) is 3.40. The van der Waals surface area contributed by atoms with Gasteiger partial charge in [0, 0.05) is 5.25 Å². The smallest absolute Gasteiger partial charge is 0.242 e. The van der Waals surface area contributed by atoms with Crippen molar-refractivity contribution in [3.05, 3.63) is 41.7 Å². The Hall–Kier alpha value is -1.43. The van der Waals surface area contributed by atoms with Crippen molar-refractivity contribution in [1.82, 2.24) is 0 Å². The van der Waals surface area contributed by atoms with Crippen LogP contribution in [0, 0.1) is 35.2 Å². The maximum Gasteiger partial charge on any atom is 0.242 e. The summed E-state index contributed by atoms with van der Waals surface area (Å²) in [5.74, 6) is -3.94. The highest BCUT2D eigenvalue weighted by molar-refractivity contribution is 8.02. The third-order valence-electron chi connectivity index (χ3n) is 4.33. The number of fused-ring (bicyclic) bond motifs is 5. The monoisotopic (exact) mass is 297 g/mol.